The van der Waals surface area contributed by atoms with Gasteiger partial charge in [0.25, 0.3) is 5.91 Å². The van der Waals surface area contributed by atoms with Crippen molar-refractivity contribution >= 4 is 45.8 Å². The number of nitrogens with one attached hydrogen (secondary N) is 2. The maximum absolute atomic E-state index is 13.8. The van der Waals surface area contributed by atoms with Crippen molar-refractivity contribution in [2.75, 3.05) is 22.2 Å². The summed E-state index contributed by atoms with van der Waals surface area (Å²) in [5, 5.41) is 12.6. The Morgan fingerprint density at radius 3 is 2.74 bits per heavy atom. The number of anilines is 5. The molecule has 0 bridgehead atoms. The van der Waals surface area contributed by atoms with Crippen LogP contribution in [0.25, 0.3) is 11.1 Å². The molecule has 1 fully saturated rings. The van der Waals surface area contributed by atoms with Gasteiger partial charge in [0, 0.05) is 24.9 Å². The van der Waals surface area contributed by atoms with Crippen molar-refractivity contribution in [1.82, 2.24) is 15.0 Å². The Morgan fingerprint density at radius 1 is 1.15 bits per heavy atom. The van der Waals surface area contributed by atoms with Crippen LogP contribution in [0.5, 0.6) is 0 Å². The van der Waals surface area contributed by atoms with E-state index in [-0.39, 0.29) is 18.1 Å². The normalized spacial score (nSPS) is 21.1. The number of nitrogens with zero attached hydrogens (tertiary/aromatic N) is 5. The lowest BCUT2D eigenvalue weighted by atomic mass is 9.90. The molecule has 198 valence electrons. The van der Waals surface area contributed by atoms with Crippen molar-refractivity contribution in [3.8, 4) is 6.07 Å². The summed E-state index contributed by atoms with van der Waals surface area (Å²) in [6.45, 7) is 1.89. The Balaban J connectivity index is 1.42. The molecule has 0 radical (unpaired) electrons. The molecular weight excluding hydrogens is 498 g/mol. The number of carbonyl (C=O) groups excluding carboxylic acids is 1. The van der Waals surface area contributed by atoms with Crippen LogP contribution in [0.4, 0.5) is 28.8 Å². The zero-order valence-electron chi connectivity index (χ0n) is 21.5. The quantitative estimate of drug-likeness (QED) is 0.389. The van der Waals surface area contributed by atoms with Crippen molar-refractivity contribution in [3.63, 3.8) is 0 Å². The Morgan fingerprint density at radius 2 is 1.97 bits per heavy atom. The number of H-pyrrole nitrogens is 1. The number of fused-ring (bicyclic) bond motifs is 2. The first-order chi connectivity index (χ1) is 18.9. The fourth-order valence-electron chi connectivity index (χ4n) is 5.56. The van der Waals surface area contributed by atoms with Crippen LogP contribution in [0.15, 0.2) is 57.9 Å². The average Bonchev–Trinajstić information content (AvgIpc) is 3.33. The van der Waals surface area contributed by atoms with Gasteiger partial charge in [0.2, 0.25) is 5.95 Å². The number of benzene rings is 2. The molecule has 1 aliphatic carbocycles. The molecule has 1 aliphatic heterocycles. The van der Waals surface area contributed by atoms with E-state index < -0.39 is 11.8 Å². The van der Waals surface area contributed by atoms with Crippen LogP contribution in [-0.2, 0) is 9.53 Å². The van der Waals surface area contributed by atoms with Crippen LogP contribution in [-0.4, -0.2) is 46.2 Å². The van der Waals surface area contributed by atoms with Crippen molar-refractivity contribution in [2.45, 2.75) is 50.8 Å². The number of carbonyl (C=O) groups is 1. The van der Waals surface area contributed by atoms with E-state index in [4.69, 9.17) is 14.1 Å². The topological polar surface area (TPSA) is 140 Å². The number of oxazole rings is 1. The maximum atomic E-state index is 13.8. The molecule has 2 aromatic carbocycles. The van der Waals surface area contributed by atoms with Crippen molar-refractivity contribution < 1.29 is 13.9 Å². The van der Waals surface area contributed by atoms with Crippen molar-refractivity contribution in [2.24, 2.45) is 0 Å². The molecule has 2 N–H and O–H groups in total. The van der Waals surface area contributed by atoms with Gasteiger partial charge in [-0.1, -0.05) is 6.07 Å². The number of nitriles is 1. The SMILES string of the molecule is CO[C@H]1CC[C@H](N2c3nc(Nc4ccc5[nH]c(=O)oc5c4)ncc3N(c3cccc(C#N)c3)C(=O)[C@H]2C)CC1. The second-order valence-electron chi connectivity index (χ2n) is 9.84. The first kappa shape index (κ1) is 24.6. The molecule has 0 saturated heterocycles. The first-order valence-electron chi connectivity index (χ1n) is 12.9. The van der Waals surface area contributed by atoms with Crippen LogP contribution < -0.4 is 20.9 Å². The number of aromatic amines is 1. The molecule has 3 heterocycles. The lowest BCUT2D eigenvalue weighted by molar-refractivity contribution is -0.119. The number of methoxy groups -OCH3 is 1. The Bertz CT molecular complexity index is 1650. The molecule has 1 saturated carbocycles. The second-order valence-corrected chi connectivity index (χ2v) is 9.84. The Hall–Kier alpha value is -4.69. The molecular formula is C28H27N7O4. The lowest BCUT2D eigenvalue weighted by Gasteiger charge is -2.46. The highest BCUT2D eigenvalue weighted by Crippen LogP contribution is 2.43. The van der Waals surface area contributed by atoms with E-state index in [1.807, 2.05) is 6.92 Å². The van der Waals surface area contributed by atoms with Gasteiger partial charge in [-0.2, -0.15) is 10.2 Å². The molecule has 39 heavy (non-hydrogen) atoms. The van der Waals surface area contributed by atoms with Crippen LogP contribution in [0.3, 0.4) is 0 Å². The number of ether oxygens (including phenoxy) is 1. The van der Waals surface area contributed by atoms with Crippen LogP contribution in [0.1, 0.15) is 38.2 Å². The summed E-state index contributed by atoms with van der Waals surface area (Å²) in [5.74, 6) is 0.347. The largest absolute Gasteiger partial charge is 0.417 e. The van der Waals surface area contributed by atoms with Gasteiger partial charge in [-0.25, -0.2) is 9.78 Å². The third-order valence-electron chi connectivity index (χ3n) is 7.51. The minimum Gasteiger partial charge on any atom is -0.408 e. The van der Waals surface area contributed by atoms with Crippen LogP contribution in [0, 0.1) is 11.3 Å². The van der Waals surface area contributed by atoms with Gasteiger partial charge in [-0.3, -0.25) is 14.7 Å². The molecule has 6 rings (SSSR count). The highest BCUT2D eigenvalue weighted by Gasteiger charge is 2.42. The standard InChI is InChI=1S/C28H27N7O4/c1-16-26(36)35(20-5-3-4-17(12-20)14-29)23-15-30-27(31-18-6-11-22-24(13-18)39-28(37)32-22)33-25(23)34(16)19-7-9-21(38-2)10-8-19/h3-6,11-13,15-16,19,21H,7-10H2,1-2H3,(H,32,37)(H,30,31,33)/t16-,19-,21-/m1/s1. The smallest absolute Gasteiger partial charge is 0.408 e. The molecule has 11 heteroatoms. The average molecular weight is 526 g/mol. The summed E-state index contributed by atoms with van der Waals surface area (Å²) in [5.41, 5.74) is 3.27. The van der Waals surface area contributed by atoms with Gasteiger partial charge >= 0.3 is 5.76 Å². The van der Waals surface area contributed by atoms with Crippen molar-refractivity contribution in [3.05, 3.63) is 64.8 Å². The van der Waals surface area contributed by atoms with E-state index >= 15 is 0 Å². The summed E-state index contributed by atoms with van der Waals surface area (Å²) in [7, 11) is 1.74. The summed E-state index contributed by atoms with van der Waals surface area (Å²) >= 11 is 0. The summed E-state index contributed by atoms with van der Waals surface area (Å²) in [6.07, 6.45) is 5.40. The predicted molar refractivity (Wildman–Crippen MR) is 145 cm³/mol. The first-order valence-corrected chi connectivity index (χ1v) is 12.9. The van der Waals surface area contributed by atoms with Crippen LogP contribution >= 0.6 is 0 Å². The van der Waals surface area contributed by atoms with Gasteiger partial charge in [0.1, 0.15) is 11.7 Å². The number of hydrogen-bond donors (Lipinski definition) is 2. The number of rotatable bonds is 5. The molecule has 0 spiro atoms. The predicted octanol–water partition coefficient (Wildman–Crippen LogP) is 4.36. The Kier molecular flexibility index (Phi) is 6.24. The van der Waals surface area contributed by atoms with E-state index in [0.717, 1.165) is 25.7 Å². The fourth-order valence-corrected chi connectivity index (χ4v) is 5.56. The maximum Gasteiger partial charge on any atom is 0.417 e. The third-order valence-corrected chi connectivity index (χ3v) is 7.51. The zero-order valence-corrected chi connectivity index (χ0v) is 21.5. The molecule has 11 nitrogen and oxygen atoms in total. The Labute approximate surface area is 224 Å². The lowest BCUT2D eigenvalue weighted by Crippen LogP contribution is -2.55. The monoisotopic (exact) mass is 525 g/mol. The summed E-state index contributed by atoms with van der Waals surface area (Å²) < 4.78 is 10.8. The van der Waals surface area contributed by atoms with Crippen LogP contribution in [0.2, 0.25) is 0 Å². The van der Waals surface area contributed by atoms with E-state index in [2.05, 4.69) is 26.3 Å². The van der Waals surface area contributed by atoms with Gasteiger partial charge < -0.3 is 19.4 Å². The zero-order chi connectivity index (χ0) is 27.1. The number of hydrogen-bond acceptors (Lipinski definition) is 9. The molecule has 0 unspecified atom stereocenters. The van der Waals surface area contributed by atoms with E-state index in [9.17, 15) is 14.9 Å². The van der Waals surface area contributed by atoms with Gasteiger partial charge in [0.05, 0.1) is 35.1 Å². The summed E-state index contributed by atoms with van der Waals surface area (Å²) in [6, 6.07) is 14.0. The molecule has 1 atom stereocenters. The van der Waals surface area contributed by atoms with Crippen molar-refractivity contribution in [1.29, 1.82) is 5.26 Å². The molecule has 4 aromatic rings. The molecule has 2 aromatic heterocycles. The van der Waals surface area contributed by atoms with Gasteiger partial charge in [0.15, 0.2) is 11.4 Å². The third kappa shape index (κ3) is 4.49. The minimum absolute atomic E-state index is 0.106. The molecule has 1 amide bonds. The second kappa shape index (κ2) is 9.89. The fraction of sp³-hybridized carbons (Fsp3) is 0.321. The molecule has 2 aliphatic rings. The van der Waals surface area contributed by atoms with E-state index in [1.165, 1.54) is 0 Å². The van der Waals surface area contributed by atoms with Gasteiger partial charge in [-0.05, 0) is 62.9 Å². The number of amides is 1. The highest BCUT2D eigenvalue weighted by atomic mass is 16.5. The van der Waals surface area contributed by atoms with Gasteiger partial charge in [-0.15, -0.1) is 0 Å². The number of aromatic nitrogens is 3. The highest BCUT2D eigenvalue weighted by molar-refractivity contribution is 6.10. The minimum atomic E-state index is -0.523. The van der Waals surface area contributed by atoms with E-state index in [0.29, 0.717) is 45.5 Å². The van der Waals surface area contributed by atoms with E-state index in [1.54, 1.807) is 60.7 Å². The summed E-state index contributed by atoms with van der Waals surface area (Å²) in [4.78, 5) is 41.2.